The molecule has 4 nitrogen and oxygen atoms in total. The Morgan fingerprint density at radius 2 is 2.50 bits per heavy atom. The highest BCUT2D eigenvalue weighted by Crippen LogP contribution is 2.12. The third-order valence-electron chi connectivity index (χ3n) is 2.73. The van der Waals surface area contributed by atoms with Crippen molar-refractivity contribution in [2.75, 3.05) is 13.1 Å². The zero-order valence-corrected chi connectivity index (χ0v) is 10.3. The van der Waals surface area contributed by atoms with Crippen molar-refractivity contribution in [1.82, 2.24) is 15.6 Å². The van der Waals surface area contributed by atoms with Crippen molar-refractivity contribution in [3.63, 3.8) is 0 Å². The normalized spacial score (nSPS) is 21.4. The van der Waals surface area contributed by atoms with Gasteiger partial charge >= 0.3 is 0 Å². The summed E-state index contributed by atoms with van der Waals surface area (Å²) in [7, 11) is 0. The quantitative estimate of drug-likeness (QED) is 0.818. The van der Waals surface area contributed by atoms with Gasteiger partial charge in [0.2, 0.25) is 0 Å². The summed E-state index contributed by atoms with van der Waals surface area (Å²) in [6.45, 7) is 3.85. The molecule has 1 saturated heterocycles. The molecule has 0 aliphatic carbocycles. The van der Waals surface area contributed by atoms with E-state index in [4.69, 9.17) is 0 Å². The Hall–Kier alpha value is -0.940. The van der Waals surface area contributed by atoms with Gasteiger partial charge in [0, 0.05) is 12.6 Å². The van der Waals surface area contributed by atoms with Crippen LogP contribution in [0.15, 0.2) is 6.20 Å². The molecule has 0 saturated carbocycles. The Kier molecular flexibility index (Phi) is 3.90. The summed E-state index contributed by atoms with van der Waals surface area (Å²) in [5, 5.41) is 7.32. The topological polar surface area (TPSA) is 54.0 Å². The van der Waals surface area contributed by atoms with Gasteiger partial charge in [-0.25, -0.2) is 4.98 Å². The van der Waals surface area contributed by atoms with Gasteiger partial charge in [-0.1, -0.05) is 6.42 Å². The number of rotatable bonds is 2. The number of nitrogens with zero attached hydrogens (tertiary/aromatic N) is 1. The van der Waals surface area contributed by atoms with Gasteiger partial charge in [0.25, 0.3) is 5.91 Å². The molecule has 1 aliphatic heterocycles. The van der Waals surface area contributed by atoms with Crippen molar-refractivity contribution in [3.8, 4) is 0 Å². The maximum absolute atomic E-state index is 11.9. The second-order valence-corrected chi connectivity index (χ2v) is 5.35. The molecule has 0 bridgehead atoms. The largest absolute Gasteiger partial charge is 0.347 e. The average Bonchev–Trinajstić information content (AvgIpc) is 2.54. The van der Waals surface area contributed by atoms with E-state index in [-0.39, 0.29) is 11.9 Å². The van der Waals surface area contributed by atoms with Crippen LogP contribution in [0, 0.1) is 6.92 Å². The summed E-state index contributed by atoms with van der Waals surface area (Å²) in [6.07, 6.45) is 5.10. The van der Waals surface area contributed by atoms with Gasteiger partial charge in [0.15, 0.2) is 0 Å². The third-order valence-corrected chi connectivity index (χ3v) is 3.64. The summed E-state index contributed by atoms with van der Waals surface area (Å²) in [5.74, 6) is 0.0132. The van der Waals surface area contributed by atoms with Crippen molar-refractivity contribution in [1.29, 1.82) is 0 Å². The van der Waals surface area contributed by atoms with E-state index in [1.165, 1.54) is 24.2 Å². The predicted molar refractivity (Wildman–Crippen MR) is 64.8 cm³/mol. The molecular formula is C11H17N3OS. The lowest BCUT2D eigenvalue weighted by atomic mass is 10.1. The van der Waals surface area contributed by atoms with Gasteiger partial charge in [-0.3, -0.25) is 4.79 Å². The molecule has 1 fully saturated rings. The number of hydrogen-bond acceptors (Lipinski definition) is 4. The number of thiazole rings is 1. The monoisotopic (exact) mass is 239 g/mol. The minimum absolute atomic E-state index is 0.0132. The highest BCUT2D eigenvalue weighted by atomic mass is 32.1. The lowest BCUT2D eigenvalue weighted by molar-refractivity contribution is 0.0939. The van der Waals surface area contributed by atoms with E-state index in [0.717, 1.165) is 24.5 Å². The Bertz CT molecular complexity index is 356. The maximum Gasteiger partial charge on any atom is 0.263 e. The van der Waals surface area contributed by atoms with Crippen LogP contribution in [0.3, 0.4) is 0 Å². The second-order valence-electron chi connectivity index (χ2n) is 4.11. The standard InChI is InChI=1S/C11H17N3OS/c1-8-13-7-10(16-8)11(15)14-9-4-2-3-5-12-6-9/h7,9,12H,2-6H2,1H3,(H,14,15). The molecule has 1 atom stereocenters. The molecule has 5 heteroatoms. The van der Waals surface area contributed by atoms with Crippen molar-refractivity contribution in [3.05, 3.63) is 16.1 Å². The van der Waals surface area contributed by atoms with Crippen LogP contribution in [0.25, 0.3) is 0 Å². The van der Waals surface area contributed by atoms with Crippen LogP contribution in [0.1, 0.15) is 33.9 Å². The molecule has 1 unspecified atom stereocenters. The van der Waals surface area contributed by atoms with Gasteiger partial charge in [-0.15, -0.1) is 11.3 Å². The minimum Gasteiger partial charge on any atom is -0.347 e. The number of amides is 1. The van der Waals surface area contributed by atoms with E-state index in [1.54, 1.807) is 6.20 Å². The average molecular weight is 239 g/mol. The summed E-state index contributed by atoms with van der Waals surface area (Å²) >= 11 is 1.45. The molecule has 0 radical (unpaired) electrons. The zero-order chi connectivity index (χ0) is 11.4. The van der Waals surface area contributed by atoms with E-state index < -0.39 is 0 Å². The molecular weight excluding hydrogens is 222 g/mol. The van der Waals surface area contributed by atoms with Crippen molar-refractivity contribution in [2.24, 2.45) is 0 Å². The van der Waals surface area contributed by atoms with Gasteiger partial charge < -0.3 is 10.6 Å². The number of aryl methyl sites for hydroxylation is 1. The van der Waals surface area contributed by atoms with Gasteiger partial charge in [0.1, 0.15) is 4.88 Å². The zero-order valence-electron chi connectivity index (χ0n) is 9.45. The lowest BCUT2D eigenvalue weighted by Gasteiger charge is -2.15. The first-order valence-electron chi connectivity index (χ1n) is 5.70. The summed E-state index contributed by atoms with van der Waals surface area (Å²) < 4.78 is 0. The van der Waals surface area contributed by atoms with E-state index in [2.05, 4.69) is 15.6 Å². The SMILES string of the molecule is Cc1ncc(C(=O)NC2CCCCNC2)s1. The van der Waals surface area contributed by atoms with Gasteiger partial charge in [-0.05, 0) is 26.3 Å². The molecule has 88 valence electrons. The molecule has 1 aromatic rings. The smallest absolute Gasteiger partial charge is 0.263 e. The molecule has 16 heavy (non-hydrogen) atoms. The molecule has 1 aliphatic rings. The van der Waals surface area contributed by atoms with Crippen LogP contribution in [-0.4, -0.2) is 30.0 Å². The predicted octanol–water partition coefficient (Wildman–Crippen LogP) is 1.32. The van der Waals surface area contributed by atoms with Crippen molar-refractivity contribution < 1.29 is 4.79 Å². The fourth-order valence-corrected chi connectivity index (χ4v) is 2.55. The number of carbonyl (C=O) groups excluding carboxylic acids is 1. The first-order chi connectivity index (χ1) is 7.75. The summed E-state index contributed by atoms with van der Waals surface area (Å²) in [5.41, 5.74) is 0. The first-order valence-corrected chi connectivity index (χ1v) is 6.51. The van der Waals surface area contributed by atoms with Gasteiger partial charge in [-0.2, -0.15) is 0 Å². The second kappa shape index (κ2) is 5.41. The first kappa shape index (κ1) is 11.5. The summed E-state index contributed by atoms with van der Waals surface area (Å²) in [6, 6.07) is 0.261. The van der Waals surface area contributed by atoms with Crippen LogP contribution in [0.5, 0.6) is 0 Å². The number of carbonyl (C=O) groups is 1. The fraction of sp³-hybridized carbons (Fsp3) is 0.636. The minimum atomic E-state index is 0.0132. The lowest BCUT2D eigenvalue weighted by Crippen LogP contribution is -2.40. The van der Waals surface area contributed by atoms with Crippen LogP contribution < -0.4 is 10.6 Å². The van der Waals surface area contributed by atoms with Crippen LogP contribution in [-0.2, 0) is 0 Å². The molecule has 1 amide bonds. The fourth-order valence-electron chi connectivity index (χ4n) is 1.87. The molecule has 1 aromatic heterocycles. The van der Waals surface area contributed by atoms with E-state index >= 15 is 0 Å². The maximum atomic E-state index is 11.9. The highest BCUT2D eigenvalue weighted by molar-refractivity contribution is 7.13. The van der Waals surface area contributed by atoms with Crippen LogP contribution in [0.2, 0.25) is 0 Å². The van der Waals surface area contributed by atoms with Crippen molar-refractivity contribution in [2.45, 2.75) is 32.2 Å². The van der Waals surface area contributed by atoms with Gasteiger partial charge in [0.05, 0.1) is 11.2 Å². The molecule has 2 rings (SSSR count). The summed E-state index contributed by atoms with van der Waals surface area (Å²) in [4.78, 5) is 16.7. The van der Waals surface area contributed by atoms with Crippen molar-refractivity contribution >= 4 is 17.2 Å². The molecule has 2 N–H and O–H groups in total. The Morgan fingerprint density at radius 3 is 3.25 bits per heavy atom. The highest BCUT2D eigenvalue weighted by Gasteiger charge is 2.16. The van der Waals surface area contributed by atoms with E-state index in [9.17, 15) is 4.79 Å². The Balaban J connectivity index is 1.90. The van der Waals surface area contributed by atoms with E-state index in [1.807, 2.05) is 6.92 Å². The number of aromatic nitrogens is 1. The Morgan fingerprint density at radius 1 is 1.62 bits per heavy atom. The number of nitrogens with one attached hydrogen (secondary N) is 2. The van der Waals surface area contributed by atoms with E-state index in [0.29, 0.717) is 4.88 Å². The Labute approximate surface area is 99.5 Å². The molecule has 2 heterocycles. The number of hydrogen-bond donors (Lipinski definition) is 2. The van der Waals surface area contributed by atoms with Crippen LogP contribution >= 0.6 is 11.3 Å². The third kappa shape index (κ3) is 3.02. The molecule has 0 aromatic carbocycles. The van der Waals surface area contributed by atoms with Crippen LogP contribution in [0.4, 0.5) is 0 Å². The molecule has 0 spiro atoms.